The number of piperazine rings is 1. The molecule has 1 saturated heterocycles. The fourth-order valence-corrected chi connectivity index (χ4v) is 3.16. The first kappa shape index (κ1) is 18.0. The summed E-state index contributed by atoms with van der Waals surface area (Å²) in [5, 5.41) is 3.18. The third kappa shape index (κ3) is 3.83. The summed E-state index contributed by atoms with van der Waals surface area (Å²) in [5.41, 5.74) is 1.32. The van der Waals surface area contributed by atoms with Crippen LogP contribution in [0.1, 0.15) is 23.0 Å². The Hall–Kier alpha value is -3.36. The first-order chi connectivity index (χ1) is 13.6. The molecule has 1 aromatic heterocycles. The van der Waals surface area contributed by atoms with Crippen molar-refractivity contribution in [3.8, 4) is 11.5 Å². The van der Waals surface area contributed by atoms with Crippen LogP contribution in [-0.4, -0.2) is 64.6 Å². The third-order valence-electron chi connectivity index (χ3n) is 4.79. The van der Waals surface area contributed by atoms with E-state index < -0.39 is 0 Å². The first-order valence-electron chi connectivity index (χ1n) is 9.09. The van der Waals surface area contributed by atoms with E-state index in [1.54, 1.807) is 16.0 Å². The zero-order chi connectivity index (χ0) is 19.5. The largest absolute Gasteiger partial charge is 0.454 e. The molecule has 146 valence electrons. The van der Waals surface area contributed by atoms with Gasteiger partial charge in [0.1, 0.15) is 11.5 Å². The van der Waals surface area contributed by atoms with E-state index in [0.717, 1.165) is 17.1 Å². The van der Waals surface area contributed by atoms with E-state index in [1.807, 2.05) is 18.2 Å². The van der Waals surface area contributed by atoms with Crippen molar-refractivity contribution in [2.45, 2.75) is 13.5 Å². The fraction of sp³-hybridized carbons (Fsp3) is 0.368. The second-order valence-corrected chi connectivity index (χ2v) is 6.63. The number of amides is 2. The van der Waals surface area contributed by atoms with E-state index in [4.69, 9.17) is 9.47 Å². The number of hydrogen-bond donors (Lipinski definition) is 1. The Morgan fingerprint density at radius 1 is 1.04 bits per heavy atom. The van der Waals surface area contributed by atoms with Crippen LogP contribution in [0.2, 0.25) is 0 Å². The van der Waals surface area contributed by atoms with Crippen molar-refractivity contribution < 1.29 is 19.1 Å². The molecule has 0 spiro atoms. The van der Waals surface area contributed by atoms with Gasteiger partial charge in [-0.3, -0.25) is 9.59 Å². The van der Waals surface area contributed by atoms with Gasteiger partial charge in [-0.05, 0) is 17.7 Å². The molecule has 28 heavy (non-hydrogen) atoms. The van der Waals surface area contributed by atoms with Gasteiger partial charge < -0.3 is 24.6 Å². The average Bonchev–Trinajstić information content (AvgIpc) is 3.20. The van der Waals surface area contributed by atoms with E-state index in [9.17, 15) is 9.59 Å². The van der Waals surface area contributed by atoms with Gasteiger partial charge in [0.2, 0.25) is 12.7 Å². The minimum Gasteiger partial charge on any atom is -0.454 e. The van der Waals surface area contributed by atoms with E-state index in [0.29, 0.717) is 44.2 Å². The van der Waals surface area contributed by atoms with E-state index in [-0.39, 0.29) is 18.6 Å². The standard InChI is InChI=1S/C19H21N5O4/c1-13(25)23-4-6-24(7-5-23)19(26)15-10-22-18(11-20-15)21-9-14-2-3-16-17(8-14)28-12-27-16/h2-3,8,10-11H,4-7,9,12H2,1H3,(H,21,22). The third-order valence-corrected chi connectivity index (χ3v) is 4.79. The smallest absolute Gasteiger partial charge is 0.274 e. The summed E-state index contributed by atoms with van der Waals surface area (Å²) in [4.78, 5) is 35.9. The van der Waals surface area contributed by atoms with Gasteiger partial charge >= 0.3 is 0 Å². The summed E-state index contributed by atoms with van der Waals surface area (Å²) in [7, 11) is 0. The number of benzene rings is 1. The van der Waals surface area contributed by atoms with Gasteiger partial charge in [-0.1, -0.05) is 6.07 Å². The molecule has 2 aromatic rings. The summed E-state index contributed by atoms with van der Waals surface area (Å²) < 4.78 is 10.7. The van der Waals surface area contributed by atoms with Crippen molar-refractivity contribution in [2.24, 2.45) is 0 Å². The number of carbonyl (C=O) groups excluding carboxylic acids is 2. The lowest BCUT2D eigenvalue weighted by Crippen LogP contribution is -2.50. The molecule has 1 N–H and O–H groups in total. The minimum atomic E-state index is -0.168. The molecule has 4 rings (SSSR count). The van der Waals surface area contributed by atoms with Crippen molar-refractivity contribution in [2.75, 3.05) is 38.3 Å². The Morgan fingerprint density at radius 3 is 2.50 bits per heavy atom. The maximum atomic E-state index is 12.5. The number of aromatic nitrogens is 2. The number of nitrogens with one attached hydrogen (secondary N) is 1. The molecule has 0 saturated carbocycles. The molecule has 0 aliphatic carbocycles. The van der Waals surface area contributed by atoms with Crippen LogP contribution < -0.4 is 14.8 Å². The van der Waals surface area contributed by atoms with Gasteiger partial charge in [0, 0.05) is 39.6 Å². The average molecular weight is 383 g/mol. The van der Waals surface area contributed by atoms with Crippen molar-refractivity contribution in [1.29, 1.82) is 0 Å². The minimum absolute atomic E-state index is 0.0322. The molecule has 0 atom stereocenters. The lowest BCUT2D eigenvalue weighted by molar-refractivity contribution is -0.130. The van der Waals surface area contributed by atoms with Gasteiger partial charge in [-0.25, -0.2) is 9.97 Å². The Morgan fingerprint density at radius 2 is 1.79 bits per heavy atom. The van der Waals surface area contributed by atoms with E-state index >= 15 is 0 Å². The van der Waals surface area contributed by atoms with Crippen LogP contribution in [0.4, 0.5) is 5.82 Å². The summed E-state index contributed by atoms with van der Waals surface area (Å²) in [6, 6.07) is 5.74. The zero-order valence-electron chi connectivity index (χ0n) is 15.6. The molecule has 9 heteroatoms. The van der Waals surface area contributed by atoms with E-state index in [1.165, 1.54) is 13.1 Å². The number of fused-ring (bicyclic) bond motifs is 1. The highest BCUT2D eigenvalue weighted by Gasteiger charge is 2.24. The number of rotatable bonds is 4. The molecule has 0 unspecified atom stereocenters. The molecule has 2 aliphatic heterocycles. The van der Waals surface area contributed by atoms with Gasteiger partial charge in [0.15, 0.2) is 11.5 Å². The van der Waals surface area contributed by atoms with Crippen molar-refractivity contribution in [3.63, 3.8) is 0 Å². The van der Waals surface area contributed by atoms with Crippen LogP contribution in [0.25, 0.3) is 0 Å². The highest BCUT2D eigenvalue weighted by atomic mass is 16.7. The number of carbonyl (C=O) groups is 2. The molecule has 0 radical (unpaired) electrons. The number of hydrogen-bond acceptors (Lipinski definition) is 7. The topological polar surface area (TPSA) is 96.9 Å². The predicted octanol–water partition coefficient (Wildman–Crippen LogP) is 1.12. The van der Waals surface area contributed by atoms with Crippen LogP contribution in [0, 0.1) is 0 Å². The predicted molar refractivity (Wildman–Crippen MR) is 100 cm³/mol. The SMILES string of the molecule is CC(=O)N1CCN(C(=O)c2cnc(NCc3ccc4c(c3)OCO4)cn2)CC1. The summed E-state index contributed by atoms with van der Waals surface area (Å²) >= 11 is 0. The van der Waals surface area contributed by atoms with Gasteiger partial charge in [-0.15, -0.1) is 0 Å². The molecule has 3 heterocycles. The molecular formula is C19H21N5O4. The van der Waals surface area contributed by atoms with Gasteiger partial charge in [0.05, 0.1) is 12.4 Å². The van der Waals surface area contributed by atoms with Crippen LogP contribution in [0.3, 0.4) is 0 Å². The summed E-state index contributed by atoms with van der Waals surface area (Å²) in [6.45, 7) is 4.43. The van der Waals surface area contributed by atoms with Gasteiger partial charge in [-0.2, -0.15) is 0 Å². The maximum Gasteiger partial charge on any atom is 0.274 e. The van der Waals surface area contributed by atoms with Crippen LogP contribution in [0.5, 0.6) is 11.5 Å². The van der Waals surface area contributed by atoms with Crippen molar-refractivity contribution in [3.05, 3.63) is 41.9 Å². The highest BCUT2D eigenvalue weighted by molar-refractivity contribution is 5.92. The maximum absolute atomic E-state index is 12.5. The summed E-state index contributed by atoms with van der Waals surface area (Å²) in [6.07, 6.45) is 3.02. The Bertz CT molecular complexity index is 878. The van der Waals surface area contributed by atoms with Crippen molar-refractivity contribution >= 4 is 17.6 Å². The Labute approximate surface area is 162 Å². The first-order valence-corrected chi connectivity index (χ1v) is 9.09. The number of ether oxygens (including phenoxy) is 2. The molecule has 1 aromatic carbocycles. The number of anilines is 1. The second-order valence-electron chi connectivity index (χ2n) is 6.63. The lowest BCUT2D eigenvalue weighted by Gasteiger charge is -2.33. The molecule has 0 bridgehead atoms. The highest BCUT2D eigenvalue weighted by Crippen LogP contribution is 2.32. The molecule has 2 aliphatic rings. The summed E-state index contributed by atoms with van der Waals surface area (Å²) in [5.74, 6) is 1.92. The van der Waals surface area contributed by atoms with Crippen molar-refractivity contribution in [1.82, 2.24) is 19.8 Å². The quantitative estimate of drug-likeness (QED) is 0.845. The normalized spacial score (nSPS) is 15.5. The Kier molecular flexibility index (Phi) is 4.96. The lowest BCUT2D eigenvalue weighted by atomic mass is 10.2. The zero-order valence-corrected chi connectivity index (χ0v) is 15.6. The van der Waals surface area contributed by atoms with E-state index in [2.05, 4.69) is 15.3 Å². The number of nitrogens with zero attached hydrogens (tertiary/aromatic N) is 4. The monoisotopic (exact) mass is 383 g/mol. The van der Waals surface area contributed by atoms with Crippen LogP contribution in [0.15, 0.2) is 30.6 Å². The van der Waals surface area contributed by atoms with Gasteiger partial charge in [0.25, 0.3) is 5.91 Å². The molecule has 1 fully saturated rings. The second kappa shape index (κ2) is 7.71. The van der Waals surface area contributed by atoms with Crippen LogP contribution in [-0.2, 0) is 11.3 Å². The molecule has 9 nitrogen and oxygen atoms in total. The Balaban J connectivity index is 1.32. The fourth-order valence-electron chi connectivity index (χ4n) is 3.16. The van der Waals surface area contributed by atoms with Crippen LogP contribution >= 0.6 is 0 Å². The molecule has 2 amide bonds. The molecular weight excluding hydrogens is 362 g/mol.